The molecule has 4 rings (SSSR count). The Hall–Kier alpha value is -4.33. The van der Waals surface area contributed by atoms with E-state index in [2.05, 4.69) is 5.10 Å². The van der Waals surface area contributed by atoms with Crippen molar-refractivity contribution >= 4 is 17.6 Å². The number of hydrogen-bond acceptors (Lipinski definition) is 7. The second-order valence-electron chi connectivity index (χ2n) is 7.79. The summed E-state index contributed by atoms with van der Waals surface area (Å²) in [5, 5.41) is 6.00. The lowest BCUT2D eigenvalue weighted by Crippen LogP contribution is -2.31. The number of ether oxygens (including phenoxy) is 4. The summed E-state index contributed by atoms with van der Waals surface area (Å²) in [6.45, 7) is -0.453. The monoisotopic (exact) mass is 474 g/mol. The zero-order chi connectivity index (χ0) is 24.8. The molecule has 8 heteroatoms. The van der Waals surface area contributed by atoms with Gasteiger partial charge in [0, 0.05) is 6.42 Å². The molecule has 1 aliphatic heterocycles. The minimum absolute atomic E-state index is 0.247. The Morgan fingerprint density at radius 3 is 2.26 bits per heavy atom. The molecule has 0 saturated heterocycles. The molecule has 1 atom stereocenters. The van der Waals surface area contributed by atoms with E-state index in [9.17, 15) is 9.59 Å². The third-order valence-electron chi connectivity index (χ3n) is 5.72. The summed E-state index contributed by atoms with van der Waals surface area (Å²) in [5.74, 6) is 0.529. The third-order valence-corrected chi connectivity index (χ3v) is 5.72. The lowest BCUT2D eigenvalue weighted by atomic mass is 9.98. The van der Waals surface area contributed by atoms with Crippen molar-refractivity contribution in [2.24, 2.45) is 5.10 Å². The Morgan fingerprint density at radius 2 is 1.60 bits per heavy atom. The quantitative estimate of drug-likeness (QED) is 0.454. The fourth-order valence-corrected chi connectivity index (χ4v) is 3.87. The molecule has 1 aliphatic rings. The molecule has 1 unspecified atom stereocenters. The normalized spacial score (nSPS) is 14.8. The van der Waals surface area contributed by atoms with Crippen LogP contribution in [-0.4, -0.2) is 50.5 Å². The highest BCUT2D eigenvalue weighted by atomic mass is 16.5. The van der Waals surface area contributed by atoms with Crippen LogP contribution in [0.25, 0.3) is 0 Å². The number of hydrazone groups is 1. The molecule has 0 aromatic heterocycles. The average Bonchev–Trinajstić information content (AvgIpc) is 3.37. The lowest BCUT2D eigenvalue weighted by molar-refractivity contribution is -0.136. The maximum Gasteiger partial charge on any atom is 0.338 e. The number of benzene rings is 3. The van der Waals surface area contributed by atoms with E-state index in [1.807, 2.05) is 54.6 Å². The minimum atomic E-state index is -0.647. The molecule has 0 spiro atoms. The predicted molar refractivity (Wildman–Crippen MR) is 130 cm³/mol. The molecule has 0 aliphatic carbocycles. The van der Waals surface area contributed by atoms with Crippen LogP contribution >= 0.6 is 0 Å². The van der Waals surface area contributed by atoms with Crippen LogP contribution in [0.15, 0.2) is 77.9 Å². The van der Waals surface area contributed by atoms with Crippen molar-refractivity contribution in [2.75, 3.05) is 27.9 Å². The van der Waals surface area contributed by atoms with Crippen LogP contribution in [0.1, 0.15) is 33.9 Å². The fraction of sp³-hybridized carbons (Fsp3) is 0.222. The highest BCUT2D eigenvalue weighted by Crippen LogP contribution is 2.34. The second kappa shape index (κ2) is 10.7. The van der Waals surface area contributed by atoms with Crippen molar-refractivity contribution in [3.63, 3.8) is 0 Å². The Morgan fingerprint density at radius 1 is 0.886 bits per heavy atom. The largest absolute Gasteiger partial charge is 0.497 e. The zero-order valence-electron chi connectivity index (χ0n) is 19.8. The maximum atomic E-state index is 13.2. The van der Waals surface area contributed by atoms with Crippen LogP contribution in [0, 0.1) is 0 Å². The second-order valence-corrected chi connectivity index (χ2v) is 7.79. The highest BCUT2D eigenvalue weighted by molar-refractivity contribution is 6.03. The van der Waals surface area contributed by atoms with Gasteiger partial charge in [-0.3, -0.25) is 4.79 Å². The van der Waals surface area contributed by atoms with Crippen LogP contribution in [-0.2, 0) is 9.53 Å². The van der Waals surface area contributed by atoms with E-state index < -0.39 is 18.5 Å². The van der Waals surface area contributed by atoms with E-state index in [-0.39, 0.29) is 11.6 Å². The van der Waals surface area contributed by atoms with Crippen LogP contribution in [0.2, 0.25) is 0 Å². The van der Waals surface area contributed by atoms with E-state index in [4.69, 9.17) is 18.9 Å². The molecule has 3 aromatic rings. The van der Waals surface area contributed by atoms with Crippen molar-refractivity contribution in [3.05, 3.63) is 89.5 Å². The number of hydrogen-bond donors (Lipinski definition) is 0. The van der Waals surface area contributed by atoms with E-state index in [0.29, 0.717) is 17.9 Å². The smallest absolute Gasteiger partial charge is 0.338 e. The molecule has 180 valence electrons. The van der Waals surface area contributed by atoms with Crippen LogP contribution in [0.4, 0.5) is 0 Å². The van der Waals surface area contributed by atoms with Crippen LogP contribution < -0.4 is 14.2 Å². The van der Waals surface area contributed by atoms with E-state index in [0.717, 1.165) is 22.6 Å². The maximum absolute atomic E-state index is 13.2. The Bertz CT molecular complexity index is 1220. The Kier molecular flexibility index (Phi) is 7.30. The standard InChI is InChI=1S/C27H26N2O6/c1-32-21-12-9-19(10-13-21)23-16-22(18-7-5-4-6-8-18)28-29(23)26(30)17-35-27(31)20-11-14-24(33-2)25(15-20)34-3/h4-15,23H,16-17H2,1-3H3. The van der Waals surface area contributed by atoms with Gasteiger partial charge >= 0.3 is 5.97 Å². The van der Waals surface area contributed by atoms with E-state index >= 15 is 0 Å². The van der Waals surface area contributed by atoms with Gasteiger partial charge in [-0.2, -0.15) is 5.10 Å². The first-order valence-electron chi connectivity index (χ1n) is 11.0. The molecule has 0 N–H and O–H groups in total. The molecule has 1 heterocycles. The predicted octanol–water partition coefficient (Wildman–Crippen LogP) is 4.25. The summed E-state index contributed by atoms with van der Waals surface area (Å²) in [6, 6.07) is 21.5. The third kappa shape index (κ3) is 5.27. The van der Waals surface area contributed by atoms with Gasteiger partial charge in [-0.25, -0.2) is 9.80 Å². The van der Waals surface area contributed by atoms with Crippen molar-refractivity contribution in [3.8, 4) is 17.2 Å². The van der Waals surface area contributed by atoms with Gasteiger partial charge in [0.05, 0.1) is 38.6 Å². The van der Waals surface area contributed by atoms with Crippen LogP contribution in [0.3, 0.4) is 0 Å². The average molecular weight is 475 g/mol. The summed E-state index contributed by atoms with van der Waals surface area (Å²) in [5.41, 5.74) is 2.87. The topological polar surface area (TPSA) is 86.7 Å². The van der Waals surface area contributed by atoms with Gasteiger partial charge in [0.25, 0.3) is 5.91 Å². The summed E-state index contributed by atoms with van der Waals surface area (Å²) >= 11 is 0. The van der Waals surface area contributed by atoms with Gasteiger partial charge in [-0.1, -0.05) is 42.5 Å². The van der Waals surface area contributed by atoms with Crippen molar-refractivity contribution < 1.29 is 28.5 Å². The zero-order valence-corrected chi connectivity index (χ0v) is 19.8. The Balaban J connectivity index is 1.52. The summed E-state index contributed by atoms with van der Waals surface area (Å²) < 4.78 is 21.0. The van der Waals surface area contributed by atoms with Gasteiger partial charge in [0.2, 0.25) is 0 Å². The highest BCUT2D eigenvalue weighted by Gasteiger charge is 2.33. The molecule has 0 radical (unpaired) electrons. The molecule has 8 nitrogen and oxygen atoms in total. The summed E-state index contributed by atoms with van der Waals surface area (Å²) in [7, 11) is 4.59. The first-order chi connectivity index (χ1) is 17.0. The molecule has 3 aromatic carbocycles. The first-order valence-corrected chi connectivity index (χ1v) is 11.0. The van der Waals surface area contributed by atoms with Gasteiger partial charge in [0.1, 0.15) is 5.75 Å². The molecule has 0 fully saturated rings. The molecule has 0 saturated carbocycles. The molecular formula is C27H26N2O6. The van der Waals surface area contributed by atoms with Crippen molar-refractivity contribution in [1.29, 1.82) is 0 Å². The number of methoxy groups -OCH3 is 3. The first kappa shape index (κ1) is 23.8. The van der Waals surface area contributed by atoms with Gasteiger partial charge in [-0.05, 0) is 41.5 Å². The molecule has 1 amide bonds. The number of esters is 1. The SMILES string of the molecule is COc1ccc(C2CC(c3ccccc3)=NN2C(=O)COC(=O)c2ccc(OC)c(OC)c2)cc1. The summed E-state index contributed by atoms with van der Waals surface area (Å²) in [6.07, 6.45) is 0.533. The van der Waals surface area contributed by atoms with E-state index in [1.165, 1.54) is 25.3 Å². The number of amides is 1. The van der Waals surface area contributed by atoms with Gasteiger partial charge in [0.15, 0.2) is 18.1 Å². The number of carbonyl (C=O) groups is 2. The molecular weight excluding hydrogens is 448 g/mol. The lowest BCUT2D eigenvalue weighted by Gasteiger charge is -2.22. The minimum Gasteiger partial charge on any atom is -0.497 e. The Labute approximate surface area is 203 Å². The van der Waals surface area contributed by atoms with Gasteiger partial charge in [-0.15, -0.1) is 0 Å². The number of carbonyl (C=O) groups excluding carboxylic acids is 2. The van der Waals surface area contributed by atoms with Crippen molar-refractivity contribution in [2.45, 2.75) is 12.5 Å². The molecule has 35 heavy (non-hydrogen) atoms. The fourth-order valence-electron chi connectivity index (χ4n) is 3.87. The van der Waals surface area contributed by atoms with Gasteiger partial charge < -0.3 is 18.9 Å². The molecule has 0 bridgehead atoms. The summed E-state index contributed by atoms with van der Waals surface area (Å²) in [4.78, 5) is 25.8. The van der Waals surface area contributed by atoms with E-state index in [1.54, 1.807) is 19.2 Å². The van der Waals surface area contributed by atoms with Crippen molar-refractivity contribution in [1.82, 2.24) is 5.01 Å². The van der Waals surface area contributed by atoms with Crippen LogP contribution in [0.5, 0.6) is 17.2 Å². The number of rotatable bonds is 8. The number of nitrogens with zero attached hydrogens (tertiary/aromatic N) is 2.